The summed E-state index contributed by atoms with van der Waals surface area (Å²) >= 11 is 0. The molecule has 0 bridgehead atoms. The molecule has 1 fully saturated rings. The summed E-state index contributed by atoms with van der Waals surface area (Å²) in [5.74, 6) is -1.16. The van der Waals surface area contributed by atoms with E-state index in [0.29, 0.717) is 11.3 Å². The first-order chi connectivity index (χ1) is 13.9. The number of ether oxygens (including phenoxy) is 1. The summed E-state index contributed by atoms with van der Waals surface area (Å²) < 4.78 is 19.8. The molecule has 9 nitrogen and oxygen atoms in total. The van der Waals surface area contributed by atoms with E-state index < -0.39 is 30.5 Å². The van der Waals surface area contributed by atoms with Gasteiger partial charge in [-0.2, -0.15) is 0 Å². The van der Waals surface area contributed by atoms with Crippen molar-refractivity contribution in [2.75, 3.05) is 29.9 Å². The third-order valence-corrected chi connectivity index (χ3v) is 4.20. The zero-order valence-electron chi connectivity index (χ0n) is 15.9. The summed E-state index contributed by atoms with van der Waals surface area (Å²) in [5.41, 5.74) is 1.08. The van der Waals surface area contributed by atoms with E-state index in [9.17, 15) is 18.8 Å². The summed E-state index contributed by atoms with van der Waals surface area (Å²) in [6.07, 6.45) is 0.261. The third kappa shape index (κ3) is 5.43. The van der Waals surface area contributed by atoms with Gasteiger partial charge in [-0.15, -0.1) is 12.4 Å². The van der Waals surface area contributed by atoms with E-state index in [1.54, 1.807) is 12.1 Å². The monoisotopic (exact) mass is 438 g/mol. The van der Waals surface area contributed by atoms with Gasteiger partial charge in [-0.3, -0.25) is 14.5 Å². The number of benzene rings is 1. The Morgan fingerprint density at radius 2 is 2.10 bits per heavy atom. The minimum absolute atomic E-state index is 0. The number of carbonyl (C=O) groups excluding carboxylic acids is 3. The minimum atomic E-state index is -0.663. The number of pyridine rings is 1. The van der Waals surface area contributed by atoms with Gasteiger partial charge in [-0.1, -0.05) is 0 Å². The molecule has 0 spiro atoms. The van der Waals surface area contributed by atoms with E-state index >= 15 is 0 Å². The fourth-order valence-electron chi connectivity index (χ4n) is 2.81. The van der Waals surface area contributed by atoms with Crippen LogP contribution >= 0.6 is 12.4 Å². The molecule has 3 rings (SSSR count). The molecule has 1 aliphatic heterocycles. The summed E-state index contributed by atoms with van der Waals surface area (Å²) in [4.78, 5) is 39.5. The van der Waals surface area contributed by atoms with Crippen LogP contribution in [0.25, 0.3) is 11.1 Å². The van der Waals surface area contributed by atoms with Crippen LogP contribution in [0.2, 0.25) is 0 Å². The first kappa shape index (κ1) is 23.0. The molecule has 3 amide bonds. The van der Waals surface area contributed by atoms with Crippen LogP contribution in [0.5, 0.6) is 0 Å². The van der Waals surface area contributed by atoms with Crippen molar-refractivity contribution >= 4 is 41.8 Å². The quantitative estimate of drug-likeness (QED) is 0.631. The number of rotatable bonds is 6. The Bertz CT molecular complexity index is 941. The van der Waals surface area contributed by atoms with Gasteiger partial charge in [0.2, 0.25) is 5.91 Å². The van der Waals surface area contributed by atoms with Crippen molar-refractivity contribution in [2.24, 2.45) is 0 Å². The molecule has 160 valence electrons. The van der Waals surface area contributed by atoms with Crippen LogP contribution in [-0.2, 0) is 14.3 Å². The Morgan fingerprint density at radius 3 is 2.70 bits per heavy atom. The molecule has 0 radical (unpaired) electrons. The topological polar surface area (TPSA) is 121 Å². The molecule has 2 heterocycles. The highest BCUT2D eigenvalue weighted by Crippen LogP contribution is 2.29. The maximum Gasteiger partial charge on any atom is 0.414 e. The normalized spacial score (nSPS) is 15.2. The maximum absolute atomic E-state index is 14.7. The van der Waals surface area contributed by atoms with Gasteiger partial charge in [0.15, 0.2) is 0 Å². The Morgan fingerprint density at radius 1 is 1.33 bits per heavy atom. The number of hydrogen-bond acceptors (Lipinski definition) is 6. The largest absolute Gasteiger partial charge is 0.442 e. The molecule has 30 heavy (non-hydrogen) atoms. The summed E-state index contributed by atoms with van der Waals surface area (Å²) in [6.45, 7) is 1.08. The van der Waals surface area contributed by atoms with Crippen molar-refractivity contribution in [3.05, 3.63) is 42.3 Å². The maximum atomic E-state index is 14.7. The molecule has 0 saturated carbocycles. The van der Waals surface area contributed by atoms with Gasteiger partial charge >= 0.3 is 6.09 Å². The van der Waals surface area contributed by atoms with Crippen molar-refractivity contribution in [3.63, 3.8) is 0 Å². The Hall–Kier alpha value is -3.24. The second-order valence-electron chi connectivity index (χ2n) is 6.36. The predicted molar refractivity (Wildman–Crippen MR) is 109 cm³/mol. The number of cyclic esters (lactones) is 1. The molecule has 1 aromatic carbocycles. The SMILES string of the molecule is CC(=O)NC[C@H]1CN(c2ccc(-c3ccc(NC(=O)CO)nc3)c(F)c2)C(=O)O1.Cl. The van der Waals surface area contributed by atoms with Crippen molar-refractivity contribution in [1.29, 1.82) is 0 Å². The minimum Gasteiger partial charge on any atom is -0.442 e. The highest BCUT2D eigenvalue weighted by Gasteiger charge is 2.32. The number of nitrogens with zero attached hydrogens (tertiary/aromatic N) is 2. The number of aliphatic hydroxyl groups excluding tert-OH is 1. The number of nitrogens with one attached hydrogen (secondary N) is 2. The van der Waals surface area contributed by atoms with Gasteiger partial charge < -0.3 is 20.5 Å². The van der Waals surface area contributed by atoms with Gasteiger partial charge in [0, 0.05) is 24.2 Å². The summed E-state index contributed by atoms with van der Waals surface area (Å²) in [7, 11) is 0. The molecule has 0 aliphatic carbocycles. The average Bonchev–Trinajstić information content (AvgIpc) is 3.07. The summed E-state index contributed by atoms with van der Waals surface area (Å²) in [5, 5.41) is 13.7. The Kier molecular flexibility index (Phi) is 7.67. The molecular weight excluding hydrogens is 419 g/mol. The molecule has 0 unspecified atom stereocenters. The van der Waals surface area contributed by atoms with Crippen LogP contribution in [0.3, 0.4) is 0 Å². The summed E-state index contributed by atoms with van der Waals surface area (Å²) in [6, 6.07) is 7.38. The van der Waals surface area contributed by atoms with Crippen LogP contribution < -0.4 is 15.5 Å². The number of anilines is 2. The van der Waals surface area contributed by atoms with Crippen LogP contribution in [-0.4, -0.2) is 53.8 Å². The van der Waals surface area contributed by atoms with E-state index in [1.165, 1.54) is 36.2 Å². The molecule has 3 N–H and O–H groups in total. The lowest BCUT2D eigenvalue weighted by atomic mass is 10.1. The fourth-order valence-corrected chi connectivity index (χ4v) is 2.81. The van der Waals surface area contributed by atoms with Gasteiger partial charge in [0.05, 0.1) is 18.8 Å². The zero-order valence-corrected chi connectivity index (χ0v) is 16.7. The van der Waals surface area contributed by atoms with Gasteiger partial charge in [-0.25, -0.2) is 14.2 Å². The number of carbonyl (C=O) groups is 3. The van der Waals surface area contributed by atoms with Gasteiger partial charge in [0.1, 0.15) is 24.3 Å². The molecule has 1 saturated heterocycles. The molecule has 2 aromatic rings. The molecule has 11 heteroatoms. The lowest BCUT2D eigenvalue weighted by Crippen LogP contribution is -2.33. The van der Waals surface area contributed by atoms with Crippen molar-refractivity contribution in [3.8, 4) is 11.1 Å². The van der Waals surface area contributed by atoms with Crippen LogP contribution in [0, 0.1) is 5.82 Å². The molecule has 1 aliphatic rings. The van der Waals surface area contributed by atoms with Gasteiger partial charge in [-0.05, 0) is 30.3 Å². The standard InChI is InChI=1S/C19H19FN4O5.ClH/c1-11(26)21-8-14-9-24(19(28)29-14)13-3-4-15(16(20)6-13)12-2-5-17(22-7-12)23-18(27)10-25;/h2-7,14,25H,8-10H2,1H3,(H,21,26)(H,22,23,27);1H/t14-;/m0./s1. The number of aromatic nitrogens is 1. The highest BCUT2D eigenvalue weighted by molar-refractivity contribution is 5.91. The number of halogens is 2. The number of hydrogen-bond donors (Lipinski definition) is 3. The smallest absolute Gasteiger partial charge is 0.414 e. The first-order valence-corrected chi connectivity index (χ1v) is 8.76. The van der Waals surface area contributed by atoms with Gasteiger partial charge in [0.25, 0.3) is 5.91 Å². The molecule has 1 atom stereocenters. The van der Waals surface area contributed by atoms with Crippen LogP contribution in [0.4, 0.5) is 20.7 Å². The van der Waals surface area contributed by atoms with Crippen molar-refractivity contribution in [2.45, 2.75) is 13.0 Å². The third-order valence-electron chi connectivity index (χ3n) is 4.20. The van der Waals surface area contributed by atoms with E-state index in [2.05, 4.69) is 15.6 Å². The lowest BCUT2D eigenvalue weighted by Gasteiger charge is -2.14. The van der Waals surface area contributed by atoms with Crippen molar-refractivity contribution < 1.29 is 28.6 Å². The molecule has 1 aromatic heterocycles. The van der Waals surface area contributed by atoms with E-state index in [0.717, 1.165) is 0 Å². The second-order valence-corrected chi connectivity index (χ2v) is 6.36. The second kappa shape index (κ2) is 9.99. The van der Waals surface area contributed by atoms with Crippen molar-refractivity contribution in [1.82, 2.24) is 10.3 Å². The van der Waals surface area contributed by atoms with Crippen LogP contribution in [0.15, 0.2) is 36.5 Å². The molecular formula is C19H20ClFN4O5. The van der Waals surface area contributed by atoms with E-state index in [1.807, 2.05) is 0 Å². The predicted octanol–water partition coefficient (Wildman–Crippen LogP) is 1.70. The number of aliphatic hydroxyl groups is 1. The van der Waals surface area contributed by atoms with E-state index in [-0.39, 0.29) is 42.8 Å². The van der Waals surface area contributed by atoms with E-state index in [4.69, 9.17) is 9.84 Å². The highest BCUT2D eigenvalue weighted by atomic mass is 35.5. The average molecular weight is 439 g/mol. The fraction of sp³-hybridized carbons (Fsp3) is 0.263. The first-order valence-electron chi connectivity index (χ1n) is 8.76. The Labute approximate surface area is 177 Å². The Balaban J connectivity index is 0.00000320. The van der Waals surface area contributed by atoms with Crippen LogP contribution in [0.1, 0.15) is 6.92 Å². The number of amides is 3. The zero-order chi connectivity index (χ0) is 21.0. The lowest BCUT2D eigenvalue weighted by molar-refractivity contribution is -0.119.